The molecule has 1 saturated heterocycles. The zero-order valence-corrected chi connectivity index (χ0v) is 18.3. The van der Waals surface area contributed by atoms with Crippen molar-refractivity contribution in [2.45, 2.75) is 39.2 Å². The van der Waals surface area contributed by atoms with Crippen molar-refractivity contribution in [3.63, 3.8) is 0 Å². The molecule has 4 rings (SSSR count). The molecule has 8 heteroatoms. The number of Topliss-reactive ketones (excluding diaryl/α,β-unsaturated/α-hetero) is 1. The van der Waals surface area contributed by atoms with Gasteiger partial charge in [0, 0.05) is 30.6 Å². The lowest BCUT2D eigenvalue weighted by atomic mass is 9.94. The van der Waals surface area contributed by atoms with Gasteiger partial charge < -0.3 is 10.2 Å². The van der Waals surface area contributed by atoms with E-state index in [0.29, 0.717) is 29.5 Å². The van der Waals surface area contributed by atoms with Crippen LogP contribution >= 0.6 is 11.3 Å². The van der Waals surface area contributed by atoms with Gasteiger partial charge in [0.05, 0.1) is 22.5 Å². The first-order chi connectivity index (χ1) is 14.4. The number of fused-ring (bicyclic) bond motifs is 1. The Balaban J connectivity index is 1.52. The van der Waals surface area contributed by atoms with Crippen molar-refractivity contribution in [2.75, 3.05) is 25.5 Å². The van der Waals surface area contributed by atoms with Crippen LogP contribution in [-0.2, 0) is 0 Å². The van der Waals surface area contributed by atoms with Crippen molar-refractivity contribution in [2.24, 2.45) is 5.92 Å². The molecule has 158 valence electrons. The largest absolute Gasteiger partial charge is 0.348 e. The van der Waals surface area contributed by atoms with E-state index in [-0.39, 0.29) is 17.6 Å². The molecule has 0 unspecified atom stereocenters. The van der Waals surface area contributed by atoms with Crippen LogP contribution in [0.25, 0.3) is 10.2 Å². The van der Waals surface area contributed by atoms with E-state index < -0.39 is 0 Å². The Labute approximate surface area is 179 Å². The lowest BCUT2D eigenvalue weighted by molar-refractivity contribution is 0.0955. The highest BCUT2D eigenvalue weighted by Gasteiger charge is 2.23. The number of anilines is 1. The number of pyridine rings is 1. The molecule has 1 fully saturated rings. The van der Waals surface area contributed by atoms with Gasteiger partial charge in [0.25, 0.3) is 0 Å². The van der Waals surface area contributed by atoms with E-state index in [1.165, 1.54) is 12.3 Å². The molecular weight excluding hydrogens is 401 g/mol. The van der Waals surface area contributed by atoms with Crippen molar-refractivity contribution >= 4 is 33.3 Å². The Morgan fingerprint density at radius 2 is 2.13 bits per heavy atom. The van der Waals surface area contributed by atoms with Crippen molar-refractivity contribution in [1.29, 1.82) is 0 Å². The van der Waals surface area contributed by atoms with E-state index in [2.05, 4.69) is 32.2 Å². The first-order valence-corrected chi connectivity index (χ1v) is 11.1. The van der Waals surface area contributed by atoms with Crippen molar-refractivity contribution < 1.29 is 9.18 Å². The number of hydrogen-bond donors (Lipinski definition) is 1. The Hall–Kier alpha value is -2.45. The minimum absolute atomic E-state index is 0.0556. The van der Waals surface area contributed by atoms with Gasteiger partial charge in [-0.2, -0.15) is 0 Å². The fourth-order valence-electron chi connectivity index (χ4n) is 3.93. The SMILES string of the molecule is Cc1cc2nc(N[C@@H](C)c3cncc(F)c3)nc(C(=O)CCCC3CN(C)C3)c2s1. The van der Waals surface area contributed by atoms with Gasteiger partial charge in [-0.3, -0.25) is 9.78 Å². The van der Waals surface area contributed by atoms with E-state index in [1.807, 2.05) is 19.9 Å². The summed E-state index contributed by atoms with van der Waals surface area (Å²) in [6.45, 7) is 6.13. The second-order valence-electron chi connectivity index (χ2n) is 8.17. The number of carbonyl (C=O) groups excluding carboxylic acids is 1. The first-order valence-electron chi connectivity index (χ1n) is 10.3. The third kappa shape index (κ3) is 4.65. The third-order valence-electron chi connectivity index (χ3n) is 5.49. The van der Waals surface area contributed by atoms with Gasteiger partial charge in [-0.1, -0.05) is 0 Å². The number of aromatic nitrogens is 3. The van der Waals surface area contributed by atoms with Crippen LogP contribution in [0.2, 0.25) is 0 Å². The third-order valence-corrected chi connectivity index (χ3v) is 6.53. The monoisotopic (exact) mass is 427 g/mol. The van der Waals surface area contributed by atoms with Crippen LogP contribution in [0.3, 0.4) is 0 Å². The number of carbonyl (C=O) groups is 1. The summed E-state index contributed by atoms with van der Waals surface area (Å²) in [7, 11) is 2.12. The van der Waals surface area contributed by atoms with E-state index >= 15 is 0 Å². The minimum Gasteiger partial charge on any atom is -0.348 e. The zero-order valence-electron chi connectivity index (χ0n) is 17.5. The molecular formula is C22H26FN5OS. The summed E-state index contributed by atoms with van der Waals surface area (Å²) in [4.78, 5) is 29.4. The topological polar surface area (TPSA) is 71.0 Å². The Bertz CT molecular complexity index is 1060. The second kappa shape index (κ2) is 8.73. The maximum absolute atomic E-state index is 13.5. The average Bonchev–Trinajstić information content (AvgIpc) is 3.05. The molecule has 1 N–H and O–H groups in total. The molecule has 1 aliphatic heterocycles. The number of thiophene rings is 1. The summed E-state index contributed by atoms with van der Waals surface area (Å²) in [5, 5.41) is 3.20. The lowest BCUT2D eigenvalue weighted by Crippen LogP contribution is -2.43. The van der Waals surface area contributed by atoms with Gasteiger partial charge >= 0.3 is 0 Å². The van der Waals surface area contributed by atoms with Crippen LogP contribution in [-0.4, -0.2) is 45.8 Å². The van der Waals surface area contributed by atoms with Gasteiger partial charge in [-0.25, -0.2) is 14.4 Å². The van der Waals surface area contributed by atoms with E-state index in [1.54, 1.807) is 17.5 Å². The molecule has 3 aromatic rings. The number of aryl methyl sites for hydroxylation is 1. The van der Waals surface area contributed by atoms with Crippen LogP contribution in [0.15, 0.2) is 24.5 Å². The predicted octanol–water partition coefficient (Wildman–Crippen LogP) is 4.62. The summed E-state index contributed by atoms with van der Waals surface area (Å²) in [6.07, 6.45) is 5.22. The van der Waals surface area contributed by atoms with E-state index in [9.17, 15) is 9.18 Å². The van der Waals surface area contributed by atoms with Gasteiger partial charge in [0.15, 0.2) is 5.78 Å². The average molecular weight is 428 g/mol. The molecule has 1 atom stereocenters. The smallest absolute Gasteiger partial charge is 0.224 e. The summed E-state index contributed by atoms with van der Waals surface area (Å²) in [6, 6.07) is 3.16. The number of likely N-dealkylation sites (tertiary alicyclic amines) is 1. The summed E-state index contributed by atoms with van der Waals surface area (Å²) < 4.78 is 14.3. The zero-order chi connectivity index (χ0) is 21.3. The number of hydrogen-bond acceptors (Lipinski definition) is 7. The van der Waals surface area contributed by atoms with Crippen LogP contribution < -0.4 is 5.32 Å². The maximum Gasteiger partial charge on any atom is 0.224 e. The minimum atomic E-state index is -0.389. The molecule has 0 aliphatic carbocycles. The van der Waals surface area contributed by atoms with Crippen LogP contribution in [0.5, 0.6) is 0 Å². The predicted molar refractivity (Wildman–Crippen MR) is 118 cm³/mol. The molecule has 6 nitrogen and oxygen atoms in total. The molecule has 30 heavy (non-hydrogen) atoms. The molecule has 3 aromatic heterocycles. The summed E-state index contributed by atoms with van der Waals surface area (Å²) >= 11 is 1.55. The molecule has 0 amide bonds. The molecule has 0 saturated carbocycles. The van der Waals surface area contributed by atoms with E-state index in [4.69, 9.17) is 0 Å². The summed E-state index contributed by atoms with van der Waals surface area (Å²) in [5.41, 5.74) is 1.94. The Morgan fingerprint density at radius 3 is 2.87 bits per heavy atom. The highest BCUT2D eigenvalue weighted by atomic mass is 32.1. The Kier molecular flexibility index (Phi) is 6.06. The second-order valence-corrected chi connectivity index (χ2v) is 9.43. The fraction of sp³-hybridized carbons (Fsp3) is 0.455. The maximum atomic E-state index is 13.5. The van der Waals surface area contributed by atoms with Gasteiger partial charge in [-0.05, 0) is 57.4 Å². The molecule has 0 bridgehead atoms. The van der Waals surface area contributed by atoms with Crippen LogP contribution in [0.4, 0.5) is 10.3 Å². The normalized spacial score (nSPS) is 15.9. The lowest BCUT2D eigenvalue weighted by Gasteiger charge is -2.36. The number of ketones is 1. The molecule has 0 spiro atoms. The Morgan fingerprint density at radius 1 is 1.33 bits per heavy atom. The molecule has 0 radical (unpaired) electrons. The highest BCUT2D eigenvalue weighted by Crippen LogP contribution is 2.30. The number of nitrogens with zero attached hydrogens (tertiary/aromatic N) is 4. The molecule has 0 aromatic carbocycles. The van der Waals surface area contributed by atoms with Crippen molar-refractivity contribution in [1.82, 2.24) is 19.9 Å². The highest BCUT2D eigenvalue weighted by molar-refractivity contribution is 7.19. The van der Waals surface area contributed by atoms with Crippen LogP contribution in [0, 0.1) is 18.7 Å². The molecule has 1 aliphatic rings. The standard InChI is InChI=1S/C22H26FN5OS/c1-13-7-18-21(30-13)20(19(29)6-4-5-15-11-28(3)12-15)27-22(26-18)25-14(2)16-8-17(23)10-24-9-16/h7-10,14-15H,4-6,11-12H2,1-3H3,(H,25,26,27)/t14-/m0/s1. The molecule has 4 heterocycles. The van der Waals surface area contributed by atoms with Gasteiger partial charge in [0.1, 0.15) is 11.5 Å². The number of nitrogens with one attached hydrogen (secondary N) is 1. The fourth-order valence-corrected chi connectivity index (χ4v) is 4.88. The summed E-state index contributed by atoms with van der Waals surface area (Å²) in [5.74, 6) is 0.746. The van der Waals surface area contributed by atoms with Crippen LogP contribution in [0.1, 0.15) is 53.2 Å². The van der Waals surface area contributed by atoms with E-state index in [0.717, 1.165) is 41.0 Å². The first kappa shape index (κ1) is 20.8. The van der Waals surface area contributed by atoms with Gasteiger partial charge in [0.2, 0.25) is 5.95 Å². The number of rotatable bonds is 8. The quantitative estimate of drug-likeness (QED) is 0.529. The van der Waals surface area contributed by atoms with Gasteiger partial charge in [-0.15, -0.1) is 11.3 Å². The van der Waals surface area contributed by atoms with Crippen molar-refractivity contribution in [3.8, 4) is 0 Å². The number of halogens is 1. The van der Waals surface area contributed by atoms with Crippen molar-refractivity contribution in [3.05, 3.63) is 46.5 Å².